The summed E-state index contributed by atoms with van der Waals surface area (Å²) in [5, 5.41) is 4.27. The minimum absolute atomic E-state index is 0.00168. The van der Waals surface area contributed by atoms with E-state index in [0.29, 0.717) is 19.4 Å². The van der Waals surface area contributed by atoms with Gasteiger partial charge in [0.2, 0.25) is 5.96 Å². The zero-order valence-electron chi connectivity index (χ0n) is 21.2. The first kappa shape index (κ1) is 24.3. The predicted molar refractivity (Wildman–Crippen MR) is 144 cm³/mol. The van der Waals surface area contributed by atoms with Crippen LogP contribution in [0.4, 0.5) is 0 Å². The molecule has 0 spiro atoms. The fraction of sp³-hybridized carbons (Fsp3) is 0.370. The lowest BCUT2D eigenvalue weighted by Crippen LogP contribution is -2.36. The SMILES string of the molecule is COC1=CC(N(CC#CC2CC=NC(N)=N2)C2=CCC3N=CC(c4cnn(C)c4)=NC3=C2)CC(OC)=C1. The smallest absolute Gasteiger partial charge is 0.216 e. The number of aryl methyl sites for hydroxylation is 1. The van der Waals surface area contributed by atoms with Crippen LogP contribution in [0.2, 0.25) is 0 Å². The van der Waals surface area contributed by atoms with E-state index in [1.165, 1.54) is 0 Å². The molecule has 10 heteroatoms. The molecule has 0 saturated heterocycles. The Bertz CT molecular complexity index is 1360. The third kappa shape index (κ3) is 5.56. The van der Waals surface area contributed by atoms with Crippen molar-refractivity contribution in [3.8, 4) is 11.8 Å². The number of methoxy groups -OCH3 is 2. The van der Waals surface area contributed by atoms with Gasteiger partial charge in [-0.1, -0.05) is 17.9 Å². The van der Waals surface area contributed by atoms with E-state index in [1.54, 1.807) is 31.3 Å². The Balaban J connectivity index is 1.44. The summed E-state index contributed by atoms with van der Waals surface area (Å²) in [6.07, 6.45) is 17.8. The summed E-state index contributed by atoms with van der Waals surface area (Å²) in [6, 6.07) is -0.200. The van der Waals surface area contributed by atoms with Crippen LogP contribution in [0.1, 0.15) is 24.8 Å². The highest BCUT2D eigenvalue weighted by atomic mass is 16.5. The van der Waals surface area contributed by atoms with Crippen molar-refractivity contribution in [2.24, 2.45) is 32.8 Å². The molecular weight excluding hydrogens is 468 g/mol. The monoisotopic (exact) mass is 498 g/mol. The molecule has 5 rings (SSSR count). The van der Waals surface area contributed by atoms with Gasteiger partial charge in [0.25, 0.3) is 0 Å². The zero-order valence-corrected chi connectivity index (χ0v) is 21.2. The van der Waals surface area contributed by atoms with Crippen LogP contribution in [-0.4, -0.2) is 77.7 Å². The van der Waals surface area contributed by atoms with E-state index in [2.05, 4.69) is 50.1 Å². The Morgan fingerprint density at radius 1 is 1.22 bits per heavy atom. The Hall–Kier alpha value is -4.39. The molecule has 3 atom stereocenters. The van der Waals surface area contributed by atoms with Crippen molar-refractivity contribution < 1.29 is 9.47 Å². The van der Waals surface area contributed by atoms with E-state index in [-0.39, 0.29) is 24.1 Å². The fourth-order valence-electron chi connectivity index (χ4n) is 4.55. The minimum atomic E-state index is -0.187. The second-order valence-corrected chi connectivity index (χ2v) is 8.99. The van der Waals surface area contributed by atoms with Crippen molar-refractivity contribution in [2.75, 3.05) is 20.8 Å². The van der Waals surface area contributed by atoms with Crippen LogP contribution in [0.25, 0.3) is 0 Å². The summed E-state index contributed by atoms with van der Waals surface area (Å²) >= 11 is 0. The number of guanidine groups is 1. The van der Waals surface area contributed by atoms with Gasteiger partial charge in [0.1, 0.15) is 17.6 Å². The molecule has 3 unspecified atom stereocenters. The maximum Gasteiger partial charge on any atom is 0.216 e. The molecule has 3 heterocycles. The van der Waals surface area contributed by atoms with Crippen LogP contribution in [-0.2, 0) is 16.5 Å². The van der Waals surface area contributed by atoms with Crippen LogP contribution in [0, 0.1) is 11.8 Å². The van der Waals surface area contributed by atoms with Gasteiger partial charge in [-0.3, -0.25) is 9.67 Å². The Labute approximate surface area is 216 Å². The van der Waals surface area contributed by atoms with Gasteiger partial charge in [-0.05, 0) is 18.6 Å². The molecule has 0 amide bonds. The van der Waals surface area contributed by atoms with Crippen molar-refractivity contribution in [3.63, 3.8) is 0 Å². The molecule has 2 aliphatic heterocycles. The van der Waals surface area contributed by atoms with Gasteiger partial charge in [-0.2, -0.15) is 5.10 Å². The quantitative estimate of drug-likeness (QED) is 0.604. The first-order chi connectivity index (χ1) is 18.0. The molecule has 190 valence electrons. The highest BCUT2D eigenvalue weighted by Gasteiger charge is 2.28. The summed E-state index contributed by atoms with van der Waals surface area (Å²) in [6.45, 7) is 0.487. The minimum Gasteiger partial charge on any atom is -0.501 e. The number of nitrogens with two attached hydrogens (primary N) is 1. The molecule has 4 aliphatic rings. The number of hydrogen-bond acceptors (Lipinski definition) is 9. The van der Waals surface area contributed by atoms with Crippen LogP contribution < -0.4 is 5.73 Å². The van der Waals surface area contributed by atoms with E-state index in [0.717, 1.165) is 40.6 Å². The van der Waals surface area contributed by atoms with Gasteiger partial charge < -0.3 is 20.1 Å². The maximum atomic E-state index is 5.75. The molecule has 0 fully saturated rings. The summed E-state index contributed by atoms with van der Waals surface area (Å²) in [5.41, 5.74) is 9.46. The number of rotatable bonds is 6. The first-order valence-corrected chi connectivity index (χ1v) is 12.2. The van der Waals surface area contributed by atoms with E-state index in [4.69, 9.17) is 25.2 Å². The predicted octanol–water partition coefficient (Wildman–Crippen LogP) is 2.13. The lowest BCUT2D eigenvalue weighted by atomic mass is 9.98. The van der Waals surface area contributed by atoms with E-state index < -0.39 is 0 Å². The van der Waals surface area contributed by atoms with Crippen molar-refractivity contribution >= 4 is 24.1 Å². The standard InChI is InChI=1S/C27H30N8O2/c1-34-17-18(15-31-34)26-16-30-24-7-6-20(13-25(24)33-26)35(10-4-5-19-8-9-29-27(28)32-19)21-11-22(36-2)14-23(12-21)37-3/h6,9,11,13-17,19,21,24H,7-8,10,12H2,1-3H3,(H2,28,32). The van der Waals surface area contributed by atoms with Gasteiger partial charge in [-0.25, -0.2) is 15.0 Å². The summed E-state index contributed by atoms with van der Waals surface area (Å²) in [7, 11) is 5.23. The molecule has 0 aromatic carbocycles. The van der Waals surface area contributed by atoms with Crippen LogP contribution in [0.5, 0.6) is 0 Å². The number of nitrogens with zero attached hydrogens (tertiary/aromatic N) is 7. The Kier molecular flexibility index (Phi) is 7.03. The van der Waals surface area contributed by atoms with Gasteiger partial charge in [-0.15, -0.1) is 0 Å². The summed E-state index contributed by atoms with van der Waals surface area (Å²) in [4.78, 5) is 20.3. The summed E-state index contributed by atoms with van der Waals surface area (Å²) in [5.74, 6) is 8.44. The van der Waals surface area contributed by atoms with Gasteiger partial charge >= 0.3 is 0 Å². The van der Waals surface area contributed by atoms with Crippen molar-refractivity contribution in [3.05, 3.63) is 65.2 Å². The van der Waals surface area contributed by atoms with Gasteiger partial charge in [0.05, 0.1) is 50.5 Å². The average Bonchev–Trinajstić information content (AvgIpc) is 3.36. The molecular formula is C27H30N8O2. The normalized spacial score (nSPS) is 24.2. The van der Waals surface area contributed by atoms with Crippen LogP contribution in [0.3, 0.4) is 0 Å². The zero-order chi connectivity index (χ0) is 25.8. The molecule has 0 saturated carbocycles. The molecule has 10 nitrogen and oxygen atoms in total. The second kappa shape index (κ2) is 10.7. The molecule has 2 aliphatic carbocycles. The third-order valence-corrected chi connectivity index (χ3v) is 6.47. The van der Waals surface area contributed by atoms with Crippen LogP contribution in [0.15, 0.2) is 79.6 Å². The number of aromatic nitrogens is 2. The topological polar surface area (TPSA) is 115 Å². The molecule has 37 heavy (non-hydrogen) atoms. The number of ether oxygens (including phenoxy) is 2. The van der Waals surface area contributed by atoms with Crippen molar-refractivity contribution in [1.82, 2.24) is 14.7 Å². The highest BCUT2D eigenvalue weighted by Crippen LogP contribution is 2.31. The molecule has 1 aromatic heterocycles. The Morgan fingerprint density at radius 3 is 2.86 bits per heavy atom. The highest BCUT2D eigenvalue weighted by molar-refractivity contribution is 6.38. The summed E-state index contributed by atoms with van der Waals surface area (Å²) < 4.78 is 12.9. The van der Waals surface area contributed by atoms with E-state index in [1.807, 2.05) is 25.5 Å². The largest absolute Gasteiger partial charge is 0.501 e. The van der Waals surface area contributed by atoms with Crippen molar-refractivity contribution in [2.45, 2.75) is 37.4 Å². The number of hydrogen-bond donors (Lipinski definition) is 1. The third-order valence-electron chi connectivity index (χ3n) is 6.47. The lowest BCUT2D eigenvalue weighted by molar-refractivity contribution is 0.219. The van der Waals surface area contributed by atoms with Crippen LogP contribution >= 0.6 is 0 Å². The fourth-order valence-corrected chi connectivity index (χ4v) is 4.55. The molecule has 0 bridgehead atoms. The lowest BCUT2D eigenvalue weighted by Gasteiger charge is -2.35. The average molecular weight is 499 g/mol. The molecule has 1 aromatic rings. The maximum absolute atomic E-state index is 5.75. The number of aliphatic imine (C=N–C) groups is 4. The first-order valence-electron chi connectivity index (χ1n) is 12.2. The van der Waals surface area contributed by atoms with E-state index in [9.17, 15) is 0 Å². The van der Waals surface area contributed by atoms with Crippen molar-refractivity contribution in [1.29, 1.82) is 0 Å². The molecule has 0 radical (unpaired) electrons. The number of fused-ring (bicyclic) bond motifs is 1. The molecule has 2 N–H and O–H groups in total. The van der Waals surface area contributed by atoms with Gasteiger partial charge in [0.15, 0.2) is 0 Å². The van der Waals surface area contributed by atoms with Gasteiger partial charge in [0, 0.05) is 55.9 Å². The van der Waals surface area contributed by atoms with E-state index >= 15 is 0 Å². The number of allylic oxidation sites excluding steroid dienone is 2. The Morgan fingerprint density at radius 2 is 2.11 bits per heavy atom. The second-order valence-electron chi connectivity index (χ2n) is 8.99.